The minimum absolute atomic E-state index is 0.682. The predicted octanol–water partition coefficient (Wildman–Crippen LogP) is 5.30. The van der Waals surface area contributed by atoms with Crippen molar-refractivity contribution >= 4 is 0 Å². The van der Waals surface area contributed by atoms with E-state index in [0.29, 0.717) is 6.04 Å². The molecule has 118 valence electrons. The summed E-state index contributed by atoms with van der Waals surface area (Å²) in [5.74, 6) is 1.55. The Labute approximate surface area is 131 Å². The van der Waals surface area contributed by atoms with Gasteiger partial charge in [0, 0.05) is 6.04 Å². The fraction of sp³-hybridized carbons (Fsp3) is 0.700. The maximum absolute atomic E-state index is 3.83. The zero-order valence-electron chi connectivity index (χ0n) is 14.2. The molecule has 0 heterocycles. The highest BCUT2D eigenvalue weighted by molar-refractivity contribution is 5.32. The van der Waals surface area contributed by atoms with Crippen molar-refractivity contribution in [1.82, 2.24) is 5.32 Å². The second-order valence-electron chi connectivity index (χ2n) is 6.85. The van der Waals surface area contributed by atoms with Crippen LogP contribution >= 0.6 is 0 Å². The molecule has 1 aromatic carbocycles. The van der Waals surface area contributed by atoms with Crippen LogP contribution in [0.15, 0.2) is 24.3 Å². The summed E-state index contributed by atoms with van der Waals surface area (Å²) in [4.78, 5) is 0. The molecule has 0 aliphatic heterocycles. The number of rotatable bonds is 8. The van der Waals surface area contributed by atoms with Gasteiger partial charge < -0.3 is 5.32 Å². The molecule has 2 rings (SSSR count). The lowest BCUT2D eigenvalue weighted by Crippen LogP contribution is -2.37. The molecular formula is C20H33N. The lowest BCUT2D eigenvalue weighted by molar-refractivity contribution is 0.308. The number of benzene rings is 1. The molecule has 0 aromatic heterocycles. The maximum atomic E-state index is 3.83. The van der Waals surface area contributed by atoms with Crippen molar-refractivity contribution in [3.05, 3.63) is 35.4 Å². The summed E-state index contributed by atoms with van der Waals surface area (Å²) in [6, 6.07) is 9.82. The van der Waals surface area contributed by atoms with Crippen LogP contribution in [0.3, 0.4) is 0 Å². The highest BCUT2D eigenvalue weighted by atomic mass is 14.9. The zero-order valence-corrected chi connectivity index (χ0v) is 14.2. The fourth-order valence-electron chi connectivity index (χ4n) is 3.91. The SMILES string of the molecule is CCCNC(CC1CCCc2ccccc21)C(C)CCC. The average molecular weight is 287 g/mol. The largest absolute Gasteiger partial charge is 0.314 e. The van der Waals surface area contributed by atoms with E-state index in [1.807, 2.05) is 0 Å². The molecule has 1 aromatic rings. The van der Waals surface area contributed by atoms with Crippen LogP contribution in [-0.2, 0) is 6.42 Å². The average Bonchev–Trinajstić information content (AvgIpc) is 2.51. The number of hydrogen-bond donors (Lipinski definition) is 1. The van der Waals surface area contributed by atoms with Gasteiger partial charge in [-0.3, -0.25) is 0 Å². The Morgan fingerprint density at radius 1 is 1.19 bits per heavy atom. The van der Waals surface area contributed by atoms with Crippen LogP contribution in [0.25, 0.3) is 0 Å². The van der Waals surface area contributed by atoms with E-state index < -0.39 is 0 Å². The number of nitrogens with one attached hydrogen (secondary N) is 1. The van der Waals surface area contributed by atoms with Crippen molar-refractivity contribution in [2.24, 2.45) is 5.92 Å². The first-order chi connectivity index (χ1) is 10.3. The molecule has 21 heavy (non-hydrogen) atoms. The third-order valence-corrected chi connectivity index (χ3v) is 5.12. The number of fused-ring (bicyclic) bond motifs is 1. The molecule has 0 bridgehead atoms. The summed E-state index contributed by atoms with van der Waals surface area (Å²) < 4.78 is 0. The summed E-state index contributed by atoms with van der Waals surface area (Å²) in [6.07, 6.45) is 9.21. The van der Waals surface area contributed by atoms with Crippen molar-refractivity contribution in [3.63, 3.8) is 0 Å². The van der Waals surface area contributed by atoms with Crippen LogP contribution in [0.1, 0.15) is 76.3 Å². The lowest BCUT2D eigenvalue weighted by atomic mass is 9.77. The smallest absolute Gasteiger partial charge is 0.00985 e. The van der Waals surface area contributed by atoms with E-state index in [-0.39, 0.29) is 0 Å². The van der Waals surface area contributed by atoms with E-state index >= 15 is 0 Å². The van der Waals surface area contributed by atoms with Crippen molar-refractivity contribution in [3.8, 4) is 0 Å². The molecule has 3 unspecified atom stereocenters. The Bertz CT molecular complexity index is 412. The van der Waals surface area contributed by atoms with Gasteiger partial charge in [0.1, 0.15) is 0 Å². The van der Waals surface area contributed by atoms with Crippen molar-refractivity contribution < 1.29 is 0 Å². The quantitative estimate of drug-likeness (QED) is 0.684. The van der Waals surface area contributed by atoms with Crippen molar-refractivity contribution in [2.75, 3.05) is 6.54 Å². The minimum Gasteiger partial charge on any atom is -0.314 e. The predicted molar refractivity (Wildman–Crippen MR) is 92.9 cm³/mol. The minimum atomic E-state index is 0.682. The molecule has 1 nitrogen and oxygen atoms in total. The summed E-state index contributed by atoms with van der Waals surface area (Å²) in [7, 11) is 0. The molecule has 0 saturated carbocycles. The Balaban J connectivity index is 2.06. The van der Waals surface area contributed by atoms with Crippen LogP contribution in [-0.4, -0.2) is 12.6 Å². The number of aryl methyl sites for hydroxylation is 1. The van der Waals surface area contributed by atoms with Crippen molar-refractivity contribution in [1.29, 1.82) is 0 Å². The molecule has 0 spiro atoms. The van der Waals surface area contributed by atoms with Gasteiger partial charge in [-0.15, -0.1) is 0 Å². The van der Waals surface area contributed by atoms with Crippen LogP contribution in [0, 0.1) is 5.92 Å². The topological polar surface area (TPSA) is 12.0 Å². The van der Waals surface area contributed by atoms with Gasteiger partial charge in [-0.1, -0.05) is 51.5 Å². The molecule has 1 N–H and O–H groups in total. The van der Waals surface area contributed by atoms with E-state index in [1.54, 1.807) is 11.1 Å². The maximum Gasteiger partial charge on any atom is 0.00985 e. The standard InChI is InChI=1S/C20H33N/c1-4-9-16(3)20(21-14-5-2)15-18-12-8-11-17-10-6-7-13-19(17)18/h6-7,10,13,16,18,20-21H,4-5,8-9,11-12,14-15H2,1-3H3. The first kappa shape index (κ1) is 16.5. The zero-order chi connectivity index (χ0) is 15.1. The highest BCUT2D eigenvalue weighted by Gasteiger charge is 2.25. The molecule has 1 heteroatoms. The third kappa shape index (κ3) is 4.57. The van der Waals surface area contributed by atoms with Gasteiger partial charge in [-0.05, 0) is 68.0 Å². The van der Waals surface area contributed by atoms with Gasteiger partial charge in [0.05, 0.1) is 0 Å². The van der Waals surface area contributed by atoms with Crippen LogP contribution in [0.4, 0.5) is 0 Å². The monoisotopic (exact) mass is 287 g/mol. The molecule has 1 aliphatic rings. The van der Waals surface area contributed by atoms with E-state index in [4.69, 9.17) is 0 Å². The first-order valence-electron chi connectivity index (χ1n) is 9.07. The van der Waals surface area contributed by atoms with E-state index in [1.165, 1.54) is 44.9 Å². The molecule has 0 radical (unpaired) electrons. The summed E-state index contributed by atoms with van der Waals surface area (Å²) in [5.41, 5.74) is 3.24. The van der Waals surface area contributed by atoms with Gasteiger partial charge in [0.25, 0.3) is 0 Å². The lowest BCUT2D eigenvalue weighted by Gasteiger charge is -2.32. The summed E-state index contributed by atoms with van der Waals surface area (Å²) in [5, 5.41) is 3.83. The van der Waals surface area contributed by atoms with E-state index in [0.717, 1.165) is 18.4 Å². The molecule has 1 aliphatic carbocycles. The van der Waals surface area contributed by atoms with Gasteiger partial charge >= 0.3 is 0 Å². The van der Waals surface area contributed by atoms with Crippen LogP contribution in [0.5, 0.6) is 0 Å². The van der Waals surface area contributed by atoms with Crippen LogP contribution < -0.4 is 5.32 Å². The molecule has 0 fully saturated rings. The number of hydrogen-bond acceptors (Lipinski definition) is 1. The molecular weight excluding hydrogens is 254 g/mol. The normalized spacial score (nSPS) is 20.8. The molecule has 0 amide bonds. The summed E-state index contributed by atoms with van der Waals surface area (Å²) in [6.45, 7) is 8.17. The molecule has 0 saturated heterocycles. The van der Waals surface area contributed by atoms with Crippen molar-refractivity contribution in [2.45, 2.75) is 77.7 Å². The van der Waals surface area contributed by atoms with E-state index in [2.05, 4.69) is 50.4 Å². The Morgan fingerprint density at radius 3 is 2.76 bits per heavy atom. The third-order valence-electron chi connectivity index (χ3n) is 5.12. The van der Waals surface area contributed by atoms with Gasteiger partial charge in [0.2, 0.25) is 0 Å². The highest BCUT2D eigenvalue weighted by Crippen LogP contribution is 2.36. The van der Waals surface area contributed by atoms with Gasteiger partial charge in [-0.2, -0.15) is 0 Å². The second-order valence-corrected chi connectivity index (χ2v) is 6.85. The first-order valence-corrected chi connectivity index (χ1v) is 9.07. The Morgan fingerprint density at radius 2 is 2.00 bits per heavy atom. The summed E-state index contributed by atoms with van der Waals surface area (Å²) >= 11 is 0. The van der Waals surface area contributed by atoms with Gasteiger partial charge in [0.15, 0.2) is 0 Å². The Kier molecular flexibility index (Phi) is 6.76. The Hall–Kier alpha value is -0.820. The molecule has 3 atom stereocenters. The van der Waals surface area contributed by atoms with E-state index in [9.17, 15) is 0 Å². The second kappa shape index (κ2) is 8.58. The van der Waals surface area contributed by atoms with Gasteiger partial charge in [-0.25, -0.2) is 0 Å². The fourth-order valence-corrected chi connectivity index (χ4v) is 3.91. The van der Waals surface area contributed by atoms with Crippen LogP contribution in [0.2, 0.25) is 0 Å².